The van der Waals surface area contributed by atoms with E-state index in [2.05, 4.69) is 25.5 Å². The van der Waals surface area contributed by atoms with Gasteiger partial charge < -0.3 is 0 Å². The van der Waals surface area contributed by atoms with Crippen molar-refractivity contribution in [2.24, 2.45) is 0 Å². The number of rotatable bonds is 4. The van der Waals surface area contributed by atoms with Crippen LogP contribution in [0.5, 0.6) is 0 Å². The quantitative estimate of drug-likeness (QED) is 0.305. The molecule has 2 heterocycles. The summed E-state index contributed by atoms with van der Waals surface area (Å²) in [6.45, 7) is -0.635. The van der Waals surface area contributed by atoms with Gasteiger partial charge in [0.25, 0.3) is 0 Å². The molecule has 4 atom stereocenters. The first-order valence-electron chi connectivity index (χ1n) is 5.69. The third-order valence-corrected chi connectivity index (χ3v) is 3.84. The van der Waals surface area contributed by atoms with E-state index in [0.29, 0.717) is 4.59 Å². The Bertz CT molecular complexity index is 618. The van der Waals surface area contributed by atoms with Gasteiger partial charge in [0.15, 0.2) is 0 Å². The van der Waals surface area contributed by atoms with Crippen molar-refractivity contribution in [2.45, 2.75) is 24.5 Å². The summed E-state index contributed by atoms with van der Waals surface area (Å²) in [5, 5.41) is 19.7. The van der Waals surface area contributed by atoms with Crippen molar-refractivity contribution in [1.29, 1.82) is 0 Å². The van der Waals surface area contributed by atoms with Gasteiger partial charge in [-0.3, -0.25) is 0 Å². The van der Waals surface area contributed by atoms with Crippen molar-refractivity contribution in [3.05, 3.63) is 22.7 Å². The molecule has 0 spiro atoms. The van der Waals surface area contributed by atoms with E-state index in [1.54, 1.807) is 0 Å². The molecule has 1 saturated heterocycles. The number of hydrogen-bond acceptors (Lipinski definition) is 7. The topological polar surface area (TPSA) is 151 Å². The van der Waals surface area contributed by atoms with Crippen LogP contribution in [0, 0.1) is 0 Å². The van der Waals surface area contributed by atoms with Gasteiger partial charge in [0.1, 0.15) is 0 Å². The van der Waals surface area contributed by atoms with Gasteiger partial charge in [0, 0.05) is 0 Å². The van der Waals surface area contributed by atoms with Gasteiger partial charge in [-0.1, -0.05) is 0 Å². The van der Waals surface area contributed by atoms with E-state index in [4.69, 9.17) is 14.5 Å². The van der Waals surface area contributed by atoms with Crippen LogP contribution in [0.4, 0.5) is 0 Å². The van der Waals surface area contributed by atoms with Gasteiger partial charge in [-0.05, 0) is 0 Å². The SMILES string of the molecule is O=c1nc([SeH])ccn1[C@@H]1O[C@H](COP(=O)(O)O)[C@@H](O)[C@H]1O. The summed E-state index contributed by atoms with van der Waals surface area (Å²) < 4.78 is 21.5. The van der Waals surface area contributed by atoms with E-state index in [1.165, 1.54) is 12.3 Å². The molecule has 4 N–H and O–H groups in total. The predicted octanol–water partition coefficient (Wildman–Crippen LogP) is -3.50. The number of hydrogen-bond donors (Lipinski definition) is 4. The molecule has 1 aliphatic rings. The van der Waals surface area contributed by atoms with Crippen LogP contribution in [0.25, 0.3) is 0 Å². The fourth-order valence-corrected chi connectivity index (χ4v) is 2.53. The molecule has 0 aromatic carbocycles. The van der Waals surface area contributed by atoms with E-state index < -0.39 is 44.7 Å². The molecule has 10 nitrogen and oxygen atoms in total. The zero-order chi connectivity index (χ0) is 15.8. The van der Waals surface area contributed by atoms with Crippen molar-refractivity contribution < 1.29 is 33.8 Å². The first-order chi connectivity index (χ1) is 9.69. The summed E-state index contributed by atoms with van der Waals surface area (Å²) in [5.41, 5.74) is -0.694. The molecule has 0 aliphatic carbocycles. The minimum atomic E-state index is -4.73. The molecule has 0 bridgehead atoms. The summed E-state index contributed by atoms with van der Waals surface area (Å²) in [6, 6.07) is 1.49. The summed E-state index contributed by atoms with van der Waals surface area (Å²) in [7, 11) is -4.73. The molecule has 0 unspecified atom stereocenters. The Kier molecular flexibility index (Phi) is 4.99. The summed E-state index contributed by atoms with van der Waals surface area (Å²) in [4.78, 5) is 32.6. The fourth-order valence-electron chi connectivity index (χ4n) is 1.86. The molecule has 118 valence electrons. The van der Waals surface area contributed by atoms with Crippen LogP contribution < -0.4 is 10.3 Å². The Labute approximate surface area is 126 Å². The Morgan fingerprint density at radius 3 is 2.67 bits per heavy atom. The molecule has 0 radical (unpaired) electrons. The number of aromatic nitrogens is 2. The second-order valence-corrected chi connectivity index (χ2v) is 6.51. The standard InChI is InChI=1S/C9H13N2O8PSe/c12-6-4(3-18-20(15,16)17)19-8(7(6)13)11-2-1-5(21)10-9(11)14/h1-2,4,6-8,12-13H,3H2,(H,10,14,21)(H2,15,16,17)/t4-,6-,7-,8-/m1/s1. The van der Waals surface area contributed by atoms with E-state index in [1.807, 2.05) is 0 Å². The summed E-state index contributed by atoms with van der Waals surface area (Å²) >= 11 is 2.08. The monoisotopic (exact) mass is 388 g/mol. The van der Waals surface area contributed by atoms with Gasteiger partial charge in [0.05, 0.1) is 0 Å². The Morgan fingerprint density at radius 1 is 1.43 bits per heavy atom. The molecule has 0 saturated carbocycles. The zero-order valence-electron chi connectivity index (χ0n) is 10.4. The molecule has 2 rings (SSSR count). The van der Waals surface area contributed by atoms with Gasteiger partial charge >= 0.3 is 126 Å². The summed E-state index contributed by atoms with van der Waals surface area (Å²) in [6.07, 6.45) is -4.02. The number of nitrogens with zero attached hydrogens (tertiary/aromatic N) is 2. The van der Waals surface area contributed by atoms with Crippen molar-refractivity contribution in [1.82, 2.24) is 9.55 Å². The molecule has 21 heavy (non-hydrogen) atoms. The third-order valence-electron chi connectivity index (χ3n) is 2.83. The number of phosphoric acid groups is 1. The van der Waals surface area contributed by atoms with Crippen LogP contribution in [-0.2, 0) is 13.8 Å². The second-order valence-electron chi connectivity index (χ2n) is 4.31. The molecular weight excluding hydrogens is 374 g/mol. The van der Waals surface area contributed by atoms with Crippen molar-refractivity contribution in [3.8, 4) is 0 Å². The number of aliphatic hydroxyl groups excluding tert-OH is 2. The van der Waals surface area contributed by atoms with E-state index in [0.717, 1.165) is 4.57 Å². The second kappa shape index (κ2) is 6.25. The van der Waals surface area contributed by atoms with E-state index in [-0.39, 0.29) is 0 Å². The van der Waals surface area contributed by atoms with Crippen LogP contribution in [-0.4, -0.2) is 70.5 Å². The molecule has 1 aromatic rings. The average molecular weight is 387 g/mol. The van der Waals surface area contributed by atoms with E-state index in [9.17, 15) is 19.6 Å². The maximum atomic E-state index is 11.7. The third kappa shape index (κ3) is 3.98. The average Bonchev–Trinajstić information content (AvgIpc) is 2.64. The van der Waals surface area contributed by atoms with Crippen molar-refractivity contribution in [2.75, 3.05) is 6.61 Å². The van der Waals surface area contributed by atoms with Crippen LogP contribution >= 0.6 is 7.82 Å². The minimum absolute atomic E-state index is 0.415. The normalized spacial score (nSPS) is 29.8. The van der Waals surface area contributed by atoms with Gasteiger partial charge in [-0.2, -0.15) is 0 Å². The number of phosphoric ester groups is 1. The molecular formula is C9H13N2O8PSe. The number of ether oxygens (including phenoxy) is 1. The van der Waals surface area contributed by atoms with E-state index >= 15 is 0 Å². The van der Waals surface area contributed by atoms with Gasteiger partial charge in [-0.15, -0.1) is 0 Å². The Hall–Kier alpha value is -0.611. The van der Waals surface area contributed by atoms with Crippen LogP contribution in [0.2, 0.25) is 0 Å². The molecule has 1 aliphatic heterocycles. The molecule has 12 heteroatoms. The van der Waals surface area contributed by atoms with Crippen LogP contribution in [0.3, 0.4) is 0 Å². The molecule has 0 amide bonds. The summed E-state index contributed by atoms with van der Waals surface area (Å²) in [5.74, 6) is 0. The van der Waals surface area contributed by atoms with Crippen molar-refractivity contribution in [3.63, 3.8) is 0 Å². The Balaban J connectivity index is 2.16. The molecule has 1 fully saturated rings. The Morgan fingerprint density at radius 2 is 2.10 bits per heavy atom. The predicted molar refractivity (Wildman–Crippen MR) is 69.2 cm³/mol. The first-order valence-corrected chi connectivity index (χ1v) is 8.16. The van der Waals surface area contributed by atoms with Gasteiger partial charge in [0.2, 0.25) is 0 Å². The first kappa shape index (κ1) is 16.8. The zero-order valence-corrected chi connectivity index (χ0v) is 13.2. The number of aliphatic hydroxyl groups is 2. The van der Waals surface area contributed by atoms with Crippen LogP contribution in [0.1, 0.15) is 6.23 Å². The van der Waals surface area contributed by atoms with Crippen LogP contribution in [0.15, 0.2) is 17.1 Å². The molecule has 1 aromatic heterocycles. The maximum absolute atomic E-state index is 11.7. The van der Waals surface area contributed by atoms with Crippen molar-refractivity contribution >= 4 is 28.4 Å². The van der Waals surface area contributed by atoms with Gasteiger partial charge in [-0.25, -0.2) is 0 Å². The fraction of sp³-hybridized carbons (Fsp3) is 0.556.